The maximum Gasteiger partial charge on any atom is 0.227 e. The number of ether oxygens (including phenoxy) is 1. The summed E-state index contributed by atoms with van der Waals surface area (Å²) in [5, 5.41) is 23.2. The monoisotopic (exact) mass is 445 g/mol. The first-order valence-electron chi connectivity index (χ1n) is 11.3. The summed E-state index contributed by atoms with van der Waals surface area (Å²) in [6.45, 7) is 4.38. The summed E-state index contributed by atoms with van der Waals surface area (Å²) in [6, 6.07) is 5.84. The molecule has 0 aliphatic heterocycles. The van der Waals surface area contributed by atoms with Crippen molar-refractivity contribution in [3.8, 4) is 17.2 Å². The van der Waals surface area contributed by atoms with Gasteiger partial charge in [0.15, 0.2) is 17.3 Å². The minimum absolute atomic E-state index is 0.0221. The molecule has 0 saturated heterocycles. The number of phenolic OH excluding ortho intramolecular Hbond substituents is 1. The predicted molar refractivity (Wildman–Crippen MR) is 124 cm³/mol. The number of carbonyl (C=O) groups excluding carboxylic acids is 1. The number of aryl methyl sites for hydroxylation is 1. The van der Waals surface area contributed by atoms with Gasteiger partial charge in [0, 0.05) is 19.0 Å². The van der Waals surface area contributed by atoms with Gasteiger partial charge < -0.3 is 24.7 Å². The average molecular weight is 446 g/mol. The second-order valence-corrected chi connectivity index (χ2v) is 8.09. The van der Waals surface area contributed by atoms with Gasteiger partial charge in [-0.15, -0.1) is 0 Å². The molecule has 2 aromatic rings. The first-order chi connectivity index (χ1) is 15.4. The van der Waals surface area contributed by atoms with Gasteiger partial charge in [-0.2, -0.15) is 0 Å². The van der Waals surface area contributed by atoms with Crippen LogP contribution in [0, 0.1) is 6.92 Å². The molecule has 2 rings (SSSR count). The molecule has 0 saturated carbocycles. The van der Waals surface area contributed by atoms with Gasteiger partial charge in [-0.1, -0.05) is 51.5 Å². The fraction of sp³-hybridized carbons (Fsp3) is 0.520. The van der Waals surface area contributed by atoms with Crippen molar-refractivity contribution >= 4 is 5.91 Å². The molecule has 1 heterocycles. The van der Waals surface area contributed by atoms with Crippen LogP contribution < -0.4 is 15.5 Å². The predicted octanol–water partition coefficient (Wildman–Crippen LogP) is 4.76. The van der Waals surface area contributed by atoms with Crippen molar-refractivity contribution in [2.75, 3.05) is 13.7 Å². The molecule has 0 bridgehead atoms. The second kappa shape index (κ2) is 12.8. The number of benzene rings is 1. The van der Waals surface area contributed by atoms with E-state index in [4.69, 9.17) is 9.15 Å². The summed E-state index contributed by atoms with van der Waals surface area (Å²) in [7, 11) is 1.42. The number of rotatable bonds is 13. The van der Waals surface area contributed by atoms with Gasteiger partial charge in [-0.3, -0.25) is 9.59 Å². The molecule has 1 amide bonds. The number of unbranched alkanes of at least 4 members (excludes halogenated alkanes) is 6. The van der Waals surface area contributed by atoms with Crippen molar-refractivity contribution in [2.45, 2.75) is 71.1 Å². The van der Waals surface area contributed by atoms with E-state index in [0.29, 0.717) is 17.9 Å². The average Bonchev–Trinajstić information content (AvgIpc) is 2.77. The number of aromatic hydroxyl groups is 2. The summed E-state index contributed by atoms with van der Waals surface area (Å²) < 4.78 is 10.8. The molecule has 3 N–H and O–H groups in total. The lowest BCUT2D eigenvalue weighted by Crippen LogP contribution is -2.26. The van der Waals surface area contributed by atoms with Crippen molar-refractivity contribution in [3.63, 3.8) is 0 Å². The van der Waals surface area contributed by atoms with E-state index in [1.54, 1.807) is 19.1 Å². The zero-order valence-corrected chi connectivity index (χ0v) is 19.3. The molecule has 0 aliphatic rings. The molecular formula is C25H35NO6. The third-order valence-electron chi connectivity index (χ3n) is 5.49. The number of methoxy groups -OCH3 is 1. The molecule has 0 spiro atoms. The quantitative estimate of drug-likeness (QED) is 0.384. The SMILES string of the molecule is CCCCCCCCCNC(=O)C[C@H](c1ccc(O)c(OC)c1)c1oc(C)cc(=O)c1O. The molecule has 32 heavy (non-hydrogen) atoms. The van der Waals surface area contributed by atoms with E-state index in [0.717, 1.165) is 19.3 Å². The van der Waals surface area contributed by atoms with E-state index in [2.05, 4.69) is 12.2 Å². The van der Waals surface area contributed by atoms with Crippen molar-refractivity contribution in [3.05, 3.63) is 51.6 Å². The summed E-state index contributed by atoms with van der Waals surface area (Å²) in [5.74, 6) is -0.912. The largest absolute Gasteiger partial charge is 0.504 e. The zero-order valence-electron chi connectivity index (χ0n) is 19.3. The highest BCUT2D eigenvalue weighted by atomic mass is 16.5. The van der Waals surface area contributed by atoms with E-state index in [9.17, 15) is 19.8 Å². The Morgan fingerprint density at radius 1 is 1.09 bits per heavy atom. The molecule has 7 heteroatoms. The van der Waals surface area contributed by atoms with E-state index >= 15 is 0 Å². The van der Waals surface area contributed by atoms with E-state index in [1.807, 2.05) is 0 Å². The van der Waals surface area contributed by atoms with E-state index < -0.39 is 17.1 Å². The number of hydrogen-bond acceptors (Lipinski definition) is 6. The molecule has 0 aliphatic carbocycles. The molecule has 176 valence electrons. The smallest absolute Gasteiger partial charge is 0.227 e. The van der Waals surface area contributed by atoms with Gasteiger partial charge in [-0.25, -0.2) is 0 Å². The van der Waals surface area contributed by atoms with Crippen LogP contribution in [0.3, 0.4) is 0 Å². The highest BCUT2D eigenvalue weighted by Gasteiger charge is 2.26. The lowest BCUT2D eigenvalue weighted by atomic mass is 9.91. The molecule has 0 radical (unpaired) electrons. The van der Waals surface area contributed by atoms with Crippen molar-refractivity contribution < 1.29 is 24.2 Å². The van der Waals surface area contributed by atoms with Crippen LogP contribution in [0.25, 0.3) is 0 Å². The Bertz CT molecular complexity index is 937. The highest BCUT2D eigenvalue weighted by Crippen LogP contribution is 2.37. The summed E-state index contributed by atoms with van der Waals surface area (Å²) in [5.41, 5.74) is 0.0118. The Morgan fingerprint density at radius 3 is 2.47 bits per heavy atom. The minimum atomic E-state index is -0.717. The molecule has 0 unspecified atom stereocenters. The number of carbonyl (C=O) groups is 1. The van der Waals surface area contributed by atoms with Crippen molar-refractivity contribution in [1.29, 1.82) is 0 Å². The minimum Gasteiger partial charge on any atom is -0.504 e. The van der Waals surface area contributed by atoms with Gasteiger partial charge >= 0.3 is 0 Å². The first kappa shape index (κ1) is 25.3. The van der Waals surface area contributed by atoms with Gasteiger partial charge in [-0.05, 0) is 31.0 Å². The number of nitrogens with one attached hydrogen (secondary N) is 1. The topological polar surface area (TPSA) is 109 Å². The zero-order chi connectivity index (χ0) is 23.5. The summed E-state index contributed by atoms with van der Waals surface area (Å²) in [4.78, 5) is 24.8. The Balaban J connectivity index is 2.11. The van der Waals surface area contributed by atoms with Crippen LogP contribution in [-0.4, -0.2) is 29.8 Å². The summed E-state index contributed by atoms with van der Waals surface area (Å²) >= 11 is 0. The normalized spacial score (nSPS) is 11.8. The number of hydrogen-bond donors (Lipinski definition) is 3. The Morgan fingerprint density at radius 2 is 1.78 bits per heavy atom. The van der Waals surface area contributed by atoms with Crippen LogP contribution in [0.1, 0.15) is 81.3 Å². The molecule has 1 atom stereocenters. The Hall–Kier alpha value is -2.96. The summed E-state index contributed by atoms with van der Waals surface area (Å²) in [6.07, 6.45) is 8.07. The highest BCUT2D eigenvalue weighted by molar-refractivity contribution is 5.77. The number of phenols is 1. The van der Waals surface area contributed by atoms with E-state index in [1.165, 1.54) is 44.9 Å². The molecule has 7 nitrogen and oxygen atoms in total. The van der Waals surface area contributed by atoms with Crippen LogP contribution >= 0.6 is 0 Å². The molecule has 1 aromatic carbocycles. The van der Waals surface area contributed by atoms with Crippen molar-refractivity contribution in [1.82, 2.24) is 5.32 Å². The Kier molecular flexibility index (Phi) is 10.1. The standard InChI is InChI=1S/C25H35NO6/c1-4-5-6-7-8-9-10-13-26-23(29)16-19(18-11-12-20(27)22(15-18)31-3)25-24(30)21(28)14-17(2)32-25/h11-12,14-15,19,27,30H,4-10,13,16H2,1-3H3,(H,26,29)/t19-/m1/s1. The number of amides is 1. The Labute approximate surface area is 189 Å². The lowest BCUT2D eigenvalue weighted by molar-refractivity contribution is -0.121. The maximum absolute atomic E-state index is 12.7. The van der Waals surface area contributed by atoms with Gasteiger partial charge in [0.1, 0.15) is 5.76 Å². The fourth-order valence-electron chi connectivity index (χ4n) is 3.70. The van der Waals surface area contributed by atoms with Crippen LogP contribution in [-0.2, 0) is 4.79 Å². The van der Waals surface area contributed by atoms with Crippen LogP contribution in [0.5, 0.6) is 17.2 Å². The fourth-order valence-corrected chi connectivity index (χ4v) is 3.70. The molecular weight excluding hydrogens is 410 g/mol. The molecule has 0 fully saturated rings. The van der Waals surface area contributed by atoms with Crippen molar-refractivity contribution in [2.24, 2.45) is 0 Å². The molecule has 1 aromatic heterocycles. The van der Waals surface area contributed by atoms with Crippen LogP contribution in [0.4, 0.5) is 0 Å². The van der Waals surface area contributed by atoms with Gasteiger partial charge in [0.25, 0.3) is 0 Å². The lowest BCUT2D eigenvalue weighted by Gasteiger charge is -2.19. The maximum atomic E-state index is 12.7. The second-order valence-electron chi connectivity index (χ2n) is 8.09. The van der Waals surface area contributed by atoms with E-state index in [-0.39, 0.29) is 29.6 Å². The third kappa shape index (κ3) is 7.32. The van der Waals surface area contributed by atoms with Crippen LogP contribution in [0.2, 0.25) is 0 Å². The van der Waals surface area contributed by atoms with Gasteiger partial charge in [0.2, 0.25) is 17.1 Å². The third-order valence-corrected chi connectivity index (χ3v) is 5.49. The van der Waals surface area contributed by atoms with Crippen LogP contribution in [0.15, 0.2) is 33.5 Å². The van der Waals surface area contributed by atoms with Gasteiger partial charge in [0.05, 0.1) is 13.0 Å². The first-order valence-corrected chi connectivity index (χ1v) is 11.3.